The number of carbonyl (C=O) groups is 1. The topological polar surface area (TPSA) is 41.1 Å². The molecule has 1 atom stereocenters. The fourth-order valence-corrected chi connectivity index (χ4v) is 2.91. The number of aryl methyl sites for hydroxylation is 3. The number of rotatable bonds is 5. The third kappa shape index (κ3) is 4.38. The maximum atomic E-state index is 12.6. The van der Waals surface area contributed by atoms with E-state index in [0.29, 0.717) is 5.92 Å². The van der Waals surface area contributed by atoms with Crippen molar-refractivity contribution in [1.29, 1.82) is 0 Å². The molecule has 2 N–H and O–H groups in total. The van der Waals surface area contributed by atoms with Gasteiger partial charge in [-0.2, -0.15) is 0 Å². The third-order valence-corrected chi connectivity index (χ3v) is 4.25. The highest BCUT2D eigenvalue weighted by Gasteiger charge is 2.15. The molecule has 24 heavy (non-hydrogen) atoms. The first-order valence-corrected chi connectivity index (χ1v) is 8.53. The number of hydrogen-bond acceptors (Lipinski definition) is 2. The van der Waals surface area contributed by atoms with E-state index < -0.39 is 0 Å². The Labute approximate surface area is 145 Å². The second-order valence-electron chi connectivity index (χ2n) is 6.91. The van der Waals surface area contributed by atoms with Crippen molar-refractivity contribution in [3.63, 3.8) is 0 Å². The molecule has 3 heteroatoms. The van der Waals surface area contributed by atoms with Crippen molar-refractivity contribution in [3.05, 3.63) is 58.7 Å². The fraction of sp³-hybridized carbons (Fsp3) is 0.381. The van der Waals surface area contributed by atoms with Gasteiger partial charge in [0.25, 0.3) is 0 Å². The molecule has 0 aliphatic rings. The van der Waals surface area contributed by atoms with E-state index in [1.54, 1.807) is 0 Å². The lowest BCUT2D eigenvalue weighted by Crippen LogP contribution is -2.32. The second-order valence-corrected chi connectivity index (χ2v) is 6.91. The molecule has 2 aromatic rings. The van der Waals surface area contributed by atoms with Gasteiger partial charge in [-0.3, -0.25) is 4.79 Å². The summed E-state index contributed by atoms with van der Waals surface area (Å²) >= 11 is 0. The van der Waals surface area contributed by atoms with Crippen LogP contribution >= 0.6 is 0 Å². The van der Waals surface area contributed by atoms with Crippen LogP contribution in [0.5, 0.6) is 0 Å². The van der Waals surface area contributed by atoms with Crippen LogP contribution in [-0.2, 0) is 4.79 Å². The Morgan fingerprint density at radius 2 is 1.58 bits per heavy atom. The van der Waals surface area contributed by atoms with Gasteiger partial charge in [0.05, 0.1) is 0 Å². The molecule has 0 spiro atoms. The number of carbonyl (C=O) groups excluding carboxylic acids is 1. The molecular formula is C21H28N2O. The third-order valence-electron chi connectivity index (χ3n) is 4.25. The van der Waals surface area contributed by atoms with E-state index in [4.69, 9.17) is 0 Å². The summed E-state index contributed by atoms with van der Waals surface area (Å²) in [5.74, 6) is 0.439. The summed E-state index contributed by atoms with van der Waals surface area (Å²) < 4.78 is 0. The molecule has 0 fully saturated rings. The van der Waals surface area contributed by atoms with Gasteiger partial charge >= 0.3 is 0 Å². The summed E-state index contributed by atoms with van der Waals surface area (Å²) in [6.45, 7) is 12.3. The van der Waals surface area contributed by atoms with Gasteiger partial charge in [-0.1, -0.05) is 43.7 Å². The minimum atomic E-state index is -0.312. The molecule has 0 saturated carbocycles. The van der Waals surface area contributed by atoms with Crippen LogP contribution in [0.3, 0.4) is 0 Å². The van der Waals surface area contributed by atoms with Crippen LogP contribution in [0.25, 0.3) is 0 Å². The molecule has 1 amide bonds. The van der Waals surface area contributed by atoms with Gasteiger partial charge in [-0.05, 0) is 62.4 Å². The lowest BCUT2D eigenvalue weighted by atomic mass is 10.0. The van der Waals surface area contributed by atoms with E-state index in [-0.39, 0.29) is 11.9 Å². The first kappa shape index (κ1) is 18.1. The Morgan fingerprint density at radius 3 is 2.17 bits per heavy atom. The molecule has 0 aliphatic carbocycles. The molecule has 0 unspecified atom stereocenters. The molecule has 0 heterocycles. The van der Waals surface area contributed by atoms with E-state index in [0.717, 1.165) is 22.5 Å². The van der Waals surface area contributed by atoms with Crippen molar-refractivity contribution in [3.8, 4) is 0 Å². The Bertz CT molecular complexity index is 711. The monoisotopic (exact) mass is 324 g/mol. The van der Waals surface area contributed by atoms with Gasteiger partial charge in [0.15, 0.2) is 0 Å². The quantitative estimate of drug-likeness (QED) is 0.796. The number of nitrogens with one attached hydrogen (secondary N) is 2. The van der Waals surface area contributed by atoms with Gasteiger partial charge in [0, 0.05) is 11.4 Å². The van der Waals surface area contributed by atoms with Crippen LogP contribution in [0.2, 0.25) is 0 Å². The summed E-state index contributed by atoms with van der Waals surface area (Å²) in [6.07, 6.45) is 0. The number of anilines is 2. The number of benzene rings is 2. The lowest BCUT2D eigenvalue weighted by molar-refractivity contribution is -0.116. The largest absolute Gasteiger partial charge is 0.374 e. The maximum Gasteiger partial charge on any atom is 0.246 e. The summed E-state index contributed by atoms with van der Waals surface area (Å²) in [4.78, 5) is 12.6. The van der Waals surface area contributed by atoms with Gasteiger partial charge < -0.3 is 10.6 Å². The van der Waals surface area contributed by atoms with E-state index in [1.807, 2.05) is 32.9 Å². The minimum absolute atomic E-state index is 0.0278. The maximum absolute atomic E-state index is 12.6. The smallest absolute Gasteiger partial charge is 0.246 e. The van der Waals surface area contributed by atoms with Crippen LogP contribution in [0, 0.1) is 20.8 Å². The van der Waals surface area contributed by atoms with Crippen molar-refractivity contribution < 1.29 is 4.79 Å². The van der Waals surface area contributed by atoms with Crippen LogP contribution in [0.1, 0.15) is 48.9 Å². The highest BCUT2D eigenvalue weighted by molar-refractivity contribution is 5.97. The molecule has 0 saturated heterocycles. The molecule has 3 nitrogen and oxygen atoms in total. The Balaban J connectivity index is 2.09. The van der Waals surface area contributed by atoms with Crippen LogP contribution in [0.15, 0.2) is 36.4 Å². The van der Waals surface area contributed by atoms with Crippen molar-refractivity contribution in [2.24, 2.45) is 0 Å². The summed E-state index contributed by atoms with van der Waals surface area (Å²) in [7, 11) is 0. The summed E-state index contributed by atoms with van der Waals surface area (Å²) in [5, 5.41) is 6.36. The van der Waals surface area contributed by atoms with Crippen LogP contribution in [0.4, 0.5) is 11.4 Å². The normalized spacial score (nSPS) is 12.1. The van der Waals surface area contributed by atoms with E-state index >= 15 is 0 Å². The van der Waals surface area contributed by atoms with Crippen molar-refractivity contribution >= 4 is 17.3 Å². The number of hydrogen-bond donors (Lipinski definition) is 2. The Hall–Kier alpha value is -2.29. The zero-order valence-electron chi connectivity index (χ0n) is 15.5. The molecule has 2 rings (SSSR count). The molecule has 0 bridgehead atoms. The zero-order valence-corrected chi connectivity index (χ0v) is 15.5. The van der Waals surface area contributed by atoms with Crippen molar-refractivity contribution in [2.45, 2.75) is 53.5 Å². The van der Waals surface area contributed by atoms with Gasteiger partial charge in [0.2, 0.25) is 5.91 Å². The SMILES string of the molecule is Cc1cc(C)c(NC(=O)[C@H](C)Nc2cccc(C(C)C)c2)c(C)c1. The van der Waals surface area contributed by atoms with Gasteiger partial charge in [-0.25, -0.2) is 0 Å². The van der Waals surface area contributed by atoms with Crippen LogP contribution in [-0.4, -0.2) is 11.9 Å². The molecule has 128 valence electrons. The standard InChI is InChI=1S/C21H28N2O/c1-13(2)18-8-7-9-19(12-18)22-17(6)21(24)23-20-15(4)10-14(3)11-16(20)5/h7-13,17,22H,1-6H3,(H,23,24)/t17-/m0/s1. The zero-order chi connectivity index (χ0) is 17.9. The Kier molecular flexibility index (Phi) is 5.66. The Morgan fingerprint density at radius 1 is 0.958 bits per heavy atom. The molecular weight excluding hydrogens is 296 g/mol. The molecule has 0 radical (unpaired) electrons. The van der Waals surface area contributed by atoms with Gasteiger partial charge in [0.1, 0.15) is 6.04 Å². The van der Waals surface area contributed by atoms with Crippen molar-refractivity contribution in [2.75, 3.05) is 10.6 Å². The average molecular weight is 324 g/mol. The molecule has 0 aliphatic heterocycles. The van der Waals surface area contributed by atoms with Crippen molar-refractivity contribution in [1.82, 2.24) is 0 Å². The highest BCUT2D eigenvalue weighted by Crippen LogP contribution is 2.23. The molecule has 2 aromatic carbocycles. The van der Waals surface area contributed by atoms with E-state index in [1.165, 1.54) is 11.1 Å². The first-order valence-electron chi connectivity index (χ1n) is 8.53. The predicted molar refractivity (Wildman–Crippen MR) is 103 cm³/mol. The second kappa shape index (κ2) is 7.52. The van der Waals surface area contributed by atoms with Gasteiger partial charge in [-0.15, -0.1) is 0 Å². The highest BCUT2D eigenvalue weighted by atomic mass is 16.2. The molecule has 0 aromatic heterocycles. The first-order chi connectivity index (χ1) is 11.3. The average Bonchev–Trinajstić information content (AvgIpc) is 2.50. The number of amides is 1. The van der Waals surface area contributed by atoms with E-state index in [2.05, 4.69) is 55.7 Å². The predicted octanol–water partition coefficient (Wildman–Crippen LogP) is 5.17. The summed E-state index contributed by atoms with van der Waals surface area (Å²) in [6, 6.07) is 12.1. The minimum Gasteiger partial charge on any atom is -0.374 e. The summed E-state index contributed by atoms with van der Waals surface area (Å²) in [5.41, 5.74) is 6.54. The fourth-order valence-electron chi connectivity index (χ4n) is 2.91. The van der Waals surface area contributed by atoms with Crippen LogP contribution < -0.4 is 10.6 Å². The van der Waals surface area contributed by atoms with E-state index in [9.17, 15) is 4.79 Å². The lowest BCUT2D eigenvalue weighted by Gasteiger charge is -2.19.